The monoisotopic (exact) mass is 521 g/mol. The predicted molar refractivity (Wildman–Crippen MR) is 128 cm³/mol. The summed E-state index contributed by atoms with van der Waals surface area (Å²) in [5.41, 5.74) is 2.55. The van der Waals surface area contributed by atoms with Crippen LogP contribution in [0.2, 0.25) is 0 Å². The molecule has 0 radical (unpaired) electrons. The van der Waals surface area contributed by atoms with Gasteiger partial charge in [-0.25, -0.2) is 0 Å². The molecule has 0 saturated carbocycles. The highest BCUT2D eigenvalue weighted by Crippen LogP contribution is 2.33. The molecule has 0 atom stereocenters. The molecule has 0 aliphatic carbocycles. The summed E-state index contributed by atoms with van der Waals surface area (Å²) in [5.74, 6) is 0. The molecule has 196 valence electrons. The molecule has 0 bridgehead atoms. The van der Waals surface area contributed by atoms with Gasteiger partial charge in [0.05, 0.1) is 18.2 Å². The SMILES string of the molecule is CCCCc1ccc(CNC(C(F)(F)F)C(F)(F)F)c(=O)n1Cc1ccc(-c2ccccc2C#N)cc1. The number of nitrogens with one attached hydrogen (secondary N) is 1. The van der Waals surface area contributed by atoms with Gasteiger partial charge in [0.2, 0.25) is 6.04 Å². The summed E-state index contributed by atoms with van der Waals surface area (Å²) in [4.78, 5) is 13.2. The first-order chi connectivity index (χ1) is 17.5. The van der Waals surface area contributed by atoms with Gasteiger partial charge in [-0.05, 0) is 41.7 Å². The quantitative estimate of drug-likeness (QED) is 0.334. The van der Waals surface area contributed by atoms with E-state index >= 15 is 0 Å². The fourth-order valence-electron chi connectivity index (χ4n) is 3.98. The molecule has 0 spiro atoms. The van der Waals surface area contributed by atoms with Crippen LogP contribution in [-0.4, -0.2) is 23.0 Å². The molecule has 4 nitrogen and oxygen atoms in total. The number of unbranched alkanes of at least 4 members (excludes halogenated alkanes) is 1. The van der Waals surface area contributed by atoms with E-state index in [-0.39, 0.29) is 12.1 Å². The van der Waals surface area contributed by atoms with E-state index in [1.54, 1.807) is 42.5 Å². The molecule has 1 aromatic heterocycles. The molecule has 3 rings (SSSR count). The minimum atomic E-state index is -5.55. The van der Waals surface area contributed by atoms with Gasteiger partial charge >= 0.3 is 12.4 Å². The first-order valence-electron chi connectivity index (χ1n) is 11.6. The molecule has 1 heterocycles. The Morgan fingerprint density at radius 3 is 2.19 bits per heavy atom. The van der Waals surface area contributed by atoms with Crippen molar-refractivity contribution in [3.63, 3.8) is 0 Å². The van der Waals surface area contributed by atoms with Crippen molar-refractivity contribution in [3.05, 3.63) is 93.4 Å². The number of hydrogen-bond acceptors (Lipinski definition) is 3. The van der Waals surface area contributed by atoms with E-state index in [4.69, 9.17) is 0 Å². The van der Waals surface area contributed by atoms with Crippen LogP contribution in [-0.2, 0) is 19.5 Å². The molecule has 0 saturated heterocycles. The summed E-state index contributed by atoms with van der Waals surface area (Å²) in [7, 11) is 0. The number of aryl methyl sites for hydroxylation is 1. The summed E-state index contributed by atoms with van der Waals surface area (Å²) in [6.07, 6.45) is -8.98. The second kappa shape index (κ2) is 11.6. The molecule has 0 unspecified atom stereocenters. The van der Waals surface area contributed by atoms with Gasteiger partial charge < -0.3 is 4.57 Å². The van der Waals surface area contributed by atoms with E-state index in [0.29, 0.717) is 23.2 Å². The molecular formula is C27H25F6N3O. The van der Waals surface area contributed by atoms with Crippen LogP contribution < -0.4 is 10.9 Å². The number of alkyl halides is 6. The summed E-state index contributed by atoms with van der Waals surface area (Å²) < 4.78 is 78.8. The maximum atomic E-state index is 13.2. The van der Waals surface area contributed by atoms with Crippen molar-refractivity contribution in [3.8, 4) is 17.2 Å². The fraction of sp³-hybridized carbons (Fsp3) is 0.333. The molecule has 0 aliphatic heterocycles. The van der Waals surface area contributed by atoms with Crippen LogP contribution in [0, 0.1) is 11.3 Å². The largest absolute Gasteiger partial charge is 0.412 e. The van der Waals surface area contributed by atoms with Crippen molar-refractivity contribution in [1.29, 1.82) is 5.26 Å². The zero-order chi connectivity index (χ0) is 27.2. The number of benzene rings is 2. The van der Waals surface area contributed by atoms with Gasteiger partial charge in [-0.1, -0.05) is 61.9 Å². The van der Waals surface area contributed by atoms with Crippen LogP contribution in [0.3, 0.4) is 0 Å². The molecule has 0 amide bonds. The lowest BCUT2D eigenvalue weighted by Gasteiger charge is -2.24. The number of rotatable bonds is 9. The summed E-state index contributed by atoms with van der Waals surface area (Å²) in [6.45, 7) is 1.17. The average Bonchev–Trinajstić information content (AvgIpc) is 2.84. The minimum absolute atomic E-state index is 0.0911. The van der Waals surface area contributed by atoms with Gasteiger partial charge in [-0.3, -0.25) is 10.1 Å². The third-order valence-electron chi connectivity index (χ3n) is 5.93. The Morgan fingerprint density at radius 2 is 1.59 bits per heavy atom. The second-order valence-electron chi connectivity index (χ2n) is 8.60. The lowest BCUT2D eigenvalue weighted by Crippen LogP contribution is -2.52. The number of hydrogen-bond donors (Lipinski definition) is 1. The standard InChI is InChI=1S/C27H25F6N3O/c1-2-3-7-22-14-13-21(16-35-25(26(28,29)30)27(31,32)33)24(37)36(22)17-18-9-11-19(12-10-18)23-8-5-4-6-20(23)15-34/h4-6,8-14,25,35H,2-3,7,16-17H2,1H3. The normalized spacial score (nSPS) is 12.1. The molecule has 0 fully saturated rings. The lowest BCUT2D eigenvalue weighted by atomic mass is 9.99. The van der Waals surface area contributed by atoms with E-state index in [1.165, 1.54) is 16.0 Å². The van der Waals surface area contributed by atoms with Crippen LogP contribution in [0.1, 0.15) is 42.1 Å². The van der Waals surface area contributed by atoms with E-state index in [1.807, 2.05) is 19.1 Å². The Hall–Kier alpha value is -3.58. The number of nitriles is 1. The highest BCUT2D eigenvalue weighted by Gasteiger charge is 2.56. The van der Waals surface area contributed by atoms with Crippen LogP contribution in [0.5, 0.6) is 0 Å². The highest BCUT2D eigenvalue weighted by molar-refractivity contribution is 5.70. The van der Waals surface area contributed by atoms with Crippen molar-refractivity contribution in [1.82, 2.24) is 9.88 Å². The van der Waals surface area contributed by atoms with Crippen LogP contribution in [0.4, 0.5) is 26.3 Å². The van der Waals surface area contributed by atoms with Gasteiger partial charge in [0.25, 0.3) is 5.56 Å². The Bertz CT molecular complexity index is 1290. The van der Waals surface area contributed by atoms with Crippen molar-refractivity contribution in [2.75, 3.05) is 0 Å². The lowest BCUT2D eigenvalue weighted by molar-refractivity contribution is -0.258. The Labute approximate surface area is 210 Å². The van der Waals surface area contributed by atoms with Gasteiger partial charge in [0.1, 0.15) is 0 Å². The zero-order valence-electron chi connectivity index (χ0n) is 20.0. The van der Waals surface area contributed by atoms with E-state index in [0.717, 1.165) is 24.0 Å². The maximum Gasteiger partial charge on any atom is 0.412 e. The van der Waals surface area contributed by atoms with Crippen LogP contribution >= 0.6 is 0 Å². The summed E-state index contributed by atoms with van der Waals surface area (Å²) in [6, 6.07) is 15.5. The number of aromatic nitrogens is 1. The second-order valence-corrected chi connectivity index (χ2v) is 8.60. The predicted octanol–water partition coefficient (Wildman–Crippen LogP) is 6.36. The Balaban J connectivity index is 1.91. The third-order valence-corrected chi connectivity index (χ3v) is 5.93. The first kappa shape index (κ1) is 28.0. The van der Waals surface area contributed by atoms with E-state index in [9.17, 15) is 36.4 Å². The molecule has 37 heavy (non-hydrogen) atoms. The van der Waals surface area contributed by atoms with Gasteiger partial charge in [0, 0.05) is 17.8 Å². The van der Waals surface area contributed by atoms with Crippen molar-refractivity contribution in [2.45, 2.75) is 57.7 Å². The van der Waals surface area contributed by atoms with Crippen LogP contribution in [0.15, 0.2) is 65.5 Å². The topological polar surface area (TPSA) is 57.8 Å². The smallest absolute Gasteiger partial charge is 0.308 e. The number of halogens is 6. The zero-order valence-corrected chi connectivity index (χ0v) is 20.0. The van der Waals surface area contributed by atoms with Gasteiger partial charge in [0.15, 0.2) is 0 Å². The van der Waals surface area contributed by atoms with Crippen molar-refractivity contribution in [2.24, 2.45) is 0 Å². The van der Waals surface area contributed by atoms with Crippen LogP contribution in [0.25, 0.3) is 11.1 Å². The Kier molecular flexibility index (Phi) is 8.81. The van der Waals surface area contributed by atoms with Crippen molar-refractivity contribution >= 4 is 0 Å². The number of pyridine rings is 1. The minimum Gasteiger partial charge on any atom is -0.308 e. The highest BCUT2D eigenvalue weighted by atomic mass is 19.4. The molecule has 10 heteroatoms. The van der Waals surface area contributed by atoms with Crippen molar-refractivity contribution < 1.29 is 26.3 Å². The maximum absolute atomic E-state index is 13.2. The molecule has 0 aliphatic rings. The van der Waals surface area contributed by atoms with Gasteiger partial charge in [-0.2, -0.15) is 31.6 Å². The average molecular weight is 522 g/mol. The molecule has 3 aromatic rings. The molecule has 1 N–H and O–H groups in total. The Morgan fingerprint density at radius 1 is 0.946 bits per heavy atom. The summed E-state index contributed by atoms with van der Waals surface area (Å²) >= 11 is 0. The molecule has 2 aromatic carbocycles. The summed E-state index contributed by atoms with van der Waals surface area (Å²) in [5, 5.41) is 10.8. The van der Waals surface area contributed by atoms with Gasteiger partial charge in [-0.15, -0.1) is 0 Å². The molecular weight excluding hydrogens is 496 g/mol. The number of nitrogens with zero attached hydrogens (tertiary/aromatic N) is 2. The fourth-order valence-corrected chi connectivity index (χ4v) is 3.98. The van der Waals surface area contributed by atoms with E-state index < -0.39 is 30.5 Å². The third kappa shape index (κ3) is 7.01. The first-order valence-corrected chi connectivity index (χ1v) is 11.6. The van der Waals surface area contributed by atoms with E-state index in [2.05, 4.69) is 6.07 Å².